The third-order valence-electron chi connectivity index (χ3n) is 2.81. The zero-order chi connectivity index (χ0) is 14.0. The van der Waals surface area contributed by atoms with Gasteiger partial charge in [0.1, 0.15) is 5.82 Å². The minimum absolute atomic E-state index is 0.289. The van der Waals surface area contributed by atoms with E-state index in [1.807, 2.05) is 0 Å². The lowest BCUT2D eigenvalue weighted by molar-refractivity contribution is 0.592. The molecule has 0 saturated carbocycles. The second-order valence-electron chi connectivity index (χ2n) is 4.21. The largest absolute Gasteiger partial charge is 0.324 e. The highest BCUT2D eigenvalue weighted by Gasteiger charge is 2.14. The molecule has 2 N–H and O–H groups in total. The van der Waals surface area contributed by atoms with Gasteiger partial charge in [-0.3, -0.25) is 0 Å². The van der Waals surface area contributed by atoms with E-state index in [-0.39, 0.29) is 5.82 Å². The summed E-state index contributed by atoms with van der Waals surface area (Å²) in [7, 11) is 0. The molecule has 0 heterocycles. The van der Waals surface area contributed by atoms with Crippen LogP contribution in [0.4, 0.5) is 4.39 Å². The highest BCUT2D eigenvalue weighted by molar-refractivity contribution is 9.10. The minimum Gasteiger partial charge on any atom is -0.324 e. The quantitative estimate of drug-likeness (QED) is 0.803. The van der Waals surface area contributed by atoms with Gasteiger partial charge in [0, 0.05) is 20.6 Å². The molecule has 1 unspecified atom stereocenters. The first-order valence-corrected chi connectivity index (χ1v) is 7.16. The molecule has 2 aromatic carbocycles. The van der Waals surface area contributed by atoms with Crippen molar-refractivity contribution in [2.24, 2.45) is 5.73 Å². The summed E-state index contributed by atoms with van der Waals surface area (Å²) in [5, 5.41) is 1.10. The van der Waals surface area contributed by atoms with Crippen LogP contribution < -0.4 is 5.73 Å². The molecule has 0 amide bonds. The number of nitrogens with two attached hydrogens (primary N) is 1. The van der Waals surface area contributed by atoms with Gasteiger partial charge in [-0.05, 0) is 47.9 Å². The van der Waals surface area contributed by atoms with Crippen LogP contribution in [0, 0.1) is 5.82 Å². The summed E-state index contributed by atoms with van der Waals surface area (Å²) >= 11 is 15.2. The molecule has 19 heavy (non-hydrogen) atoms. The summed E-state index contributed by atoms with van der Waals surface area (Å²) in [6, 6.07) is 9.61. The Morgan fingerprint density at radius 3 is 2.58 bits per heavy atom. The second-order valence-corrected chi connectivity index (χ2v) is 5.97. The van der Waals surface area contributed by atoms with Gasteiger partial charge in [0.2, 0.25) is 0 Å². The van der Waals surface area contributed by atoms with E-state index in [1.54, 1.807) is 30.3 Å². The van der Waals surface area contributed by atoms with Gasteiger partial charge >= 0.3 is 0 Å². The summed E-state index contributed by atoms with van der Waals surface area (Å²) < 4.78 is 14.5. The van der Waals surface area contributed by atoms with E-state index < -0.39 is 6.04 Å². The zero-order valence-corrected chi connectivity index (χ0v) is 12.9. The Balaban J connectivity index is 2.25. The van der Waals surface area contributed by atoms with Crippen molar-refractivity contribution < 1.29 is 4.39 Å². The Labute approximate surface area is 129 Å². The van der Waals surface area contributed by atoms with E-state index in [1.165, 1.54) is 6.07 Å². The lowest BCUT2D eigenvalue weighted by atomic mass is 9.99. The molecule has 0 radical (unpaired) electrons. The third kappa shape index (κ3) is 3.69. The van der Waals surface area contributed by atoms with Crippen LogP contribution in [0.2, 0.25) is 10.0 Å². The Kier molecular flexibility index (Phi) is 4.85. The first-order valence-electron chi connectivity index (χ1n) is 5.62. The summed E-state index contributed by atoms with van der Waals surface area (Å²) in [4.78, 5) is 0. The maximum Gasteiger partial charge on any atom is 0.127 e. The van der Waals surface area contributed by atoms with Crippen LogP contribution in [0.3, 0.4) is 0 Å². The summed E-state index contributed by atoms with van der Waals surface area (Å²) in [6.07, 6.45) is 0.360. The number of rotatable bonds is 3. The molecule has 2 aromatic rings. The molecule has 1 atom stereocenters. The molecular formula is C14H11BrCl2FN. The van der Waals surface area contributed by atoms with Crippen LogP contribution in [0.15, 0.2) is 40.9 Å². The number of halogens is 4. The Hall–Kier alpha value is -0.610. The molecule has 0 aliphatic carbocycles. The summed E-state index contributed by atoms with van der Waals surface area (Å²) in [5.74, 6) is -0.289. The minimum atomic E-state index is -0.401. The molecule has 0 fully saturated rings. The van der Waals surface area contributed by atoms with Crippen molar-refractivity contribution in [2.45, 2.75) is 12.5 Å². The molecular weight excluding hydrogens is 352 g/mol. The molecule has 1 nitrogen and oxygen atoms in total. The maximum absolute atomic E-state index is 13.8. The monoisotopic (exact) mass is 361 g/mol. The number of hydrogen-bond acceptors (Lipinski definition) is 1. The van der Waals surface area contributed by atoms with Crippen LogP contribution in [-0.4, -0.2) is 0 Å². The van der Waals surface area contributed by atoms with Crippen molar-refractivity contribution in [3.8, 4) is 0 Å². The van der Waals surface area contributed by atoms with E-state index >= 15 is 0 Å². The molecule has 0 saturated heterocycles. The van der Waals surface area contributed by atoms with E-state index in [9.17, 15) is 4.39 Å². The summed E-state index contributed by atoms with van der Waals surface area (Å²) in [6.45, 7) is 0. The molecule has 0 aliphatic heterocycles. The fourth-order valence-electron chi connectivity index (χ4n) is 1.83. The van der Waals surface area contributed by atoms with Crippen molar-refractivity contribution in [3.05, 3.63) is 67.9 Å². The lowest BCUT2D eigenvalue weighted by Gasteiger charge is -2.15. The summed E-state index contributed by atoms with van der Waals surface area (Å²) in [5.41, 5.74) is 7.35. The van der Waals surface area contributed by atoms with Gasteiger partial charge in [-0.15, -0.1) is 0 Å². The van der Waals surface area contributed by atoms with E-state index in [0.717, 1.165) is 5.56 Å². The Bertz CT molecular complexity index is 604. The lowest BCUT2D eigenvalue weighted by Crippen LogP contribution is -2.14. The highest BCUT2D eigenvalue weighted by Crippen LogP contribution is 2.28. The predicted octanol–water partition coefficient (Wildman–Crippen LogP) is 5.14. The van der Waals surface area contributed by atoms with Crippen LogP contribution in [0.5, 0.6) is 0 Å². The maximum atomic E-state index is 13.8. The van der Waals surface area contributed by atoms with Crippen molar-refractivity contribution in [2.75, 3.05) is 0 Å². The molecule has 5 heteroatoms. The molecule has 0 spiro atoms. The van der Waals surface area contributed by atoms with Gasteiger partial charge in [-0.25, -0.2) is 4.39 Å². The number of benzene rings is 2. The smallest absolute Gasteiger partial charge is 0.127 e. The SMILES string of the molecule is NC(Cc1ccc(Br)cc1F)c1cc(Cl)ccc1Cl. The molecule has 100 valence electrons. The van der Waals surface area contributed by atoms with Gasteiger partial charge in [0.25, 0.3) is 0 Å². The molecule has 0 aromatic heterocycles. The molecule has 2 rings (SSSR count). The average Bonchev–Trinajstić information content (AvgIpc) is 2.35. The third-order valence-corrected chi connectivity index (χ3v) is 3.89. The van der Waals surface area contributed by atoms with Crippen LogP contribution in [-0.2, 0) is 6.42 Å². The average molecular weight is 363 g/mol. The Morgan fingerprint density at radius 1 is 1.16 bits per heavy atom. The zero-order valence-electron chi connectivity index (χ0n) is 9.84. The Morgan fingerprint density at radius 2 is 1.89 bits per heavy atom. The standard InChI is InChI=1S/C14H11BrCl2FN/c15-9-2-1-8(13(18)6-9)5-14(19)11-7-10(16)3-4-12(11)17/h1-4,6-7,14H,5,19H2. The van der Waals surface area contributed by atoms with Gasteiger partial charge < -0.3 is 5.73 Å². The normalized spacial score (nSPS) is 12.5. The first kappa shape index (κ1) is 14.8. The predicted molar refractivity (Wildman–Crippen MR) is 81.2 cm³/mol. The van der Waals surface area contributed by atoms with Crippen molar-refractivity contribution in [3.63, 3.8) is 0 Å². The number of hydrogen-bond donors (Lipinski definition) is 1. The van der Waals surface area contributed by atoms with Gasteiger partial charge in [0.15, 0.2) is 0 Å². The van der Waals surface area contributed by atoms with Crippen LogP contribution >= 0.6 is 39.1 Å². The van der Waals surface area contributed by atoms with Crippen molar-refractivity contribution in [1.29, 1.82) is 0 Å². The van der Waals surface area contributed by atoms with E-state index in [2.05, 4.69) is 15.9 Å². The van der Waals surface area contributed by atoms with Gasteiger partial charge in [0.05, 0.1) is 0 Å². The van der Waals surface area contributed by atoms with Gasteiger partial charge in [-0.1, -0.05) is 45.2 Å². The van der Waals surface area contributed by atoms with E-state index in [4.69, 9.17) is 28.9 Å². The fourth-order valence-corrected chi connectivity index (χ4v) is 2.60. The fraction of sp³-hybridized carbons (Fsp3) is 0.143. The second kappa shape index (κ2) is 6.23. The topological polar surface area (TPSA) is 26.0 Å². The molecule has 0 aliphatic rings. The molecule has 0 bridgehead atoms. The van der Waals surface area contributed by atoms with Gasteiger partial charge in [-0.2, -0.15) is 0 Å². The first-order chi connectivity index (χ1) is 8.97. The highest BCUT2D eigenvalue weighted by atomic mass is 79.9. The van der Waals surface area contributed by atoms with Crippen LogP contribution in [0.25, 0.3) is 0 Å². The van der Waals surface area contributed by atoms with Crippen molar-refractivity contribution >= 4 is 39.1 Å². The van der Waals surface area contributed by atoms with Crippen molar-refractivity contribution in [1.82, 2.24) is 0 Å². The van der Waals surface area contributed by atoms with Crippen LogP contribution in [0.1, 0.15) is 17.2 Å². The van der Waals surface area contributed by atoms with E-state index in [0.29, 0.717) is 26.5 Å².